The Morgan fingerprint density at radius 2 is 1.40 bits per heavy atom. The molecule has 9 heteroatoms. The van der Waals surface area contributed by atoms with Gasteiger partial charge in [-0.15, -0.1) is 0 Å². The minimum atomic E-state index is -1.63. The first-order valence-electron chi connectivity index (χ1n) is 31.4. The highest BCUT2D eigenvalue weighted by Crippen LogP contribution is 2.67. The standard InChI is InChI=1S/C66H110O9/c1-9-12-14-16-18-19-20-21-22-23-24-25-27-29-31-35-58(68)74-61-59(69)60(70)64(75-62(61)63(71)72-46-32-34-52(67)33-30-28-26-17-15-13-10-2)73-53-42-44-65(7)51(47-53)38-39-54-56-41-40-55(66(56,8)45-43-57(54)65)49(6)36-37-50(11-3)48(4)5/h12,14,18-19,21-22,38,48-50,53-57,59-62,64,69-70H,9-11,13,15-17,20,23-37,39-47H2,1-8H3/b14-12-,19-18-,22-21-/t49-,50-,53+,54+,55-,56+,57+,59-,60-,61+,62+,64-,65+,66-/m1/s1. The second kappa shape index (κ2) is 33.1. The highest BCUT2D eigenvalue weighted by Gasteiger charge is 2.60. The molecule has 0 aromatic rings. The van der Waals surface area contributed by atoms with E-state index in [1.54, 1.807) is 0 Å². The predicted octanol–water partition coefficient (Wildman–Crippen LogP) is 16.0. The van der Waals surface area contributed by atoms with Crippen LogP contribution in [0.2, 0.25) is 0 Å². The minimum Gasteiger partial charge on any atom is -0.464 e. The molecular weight excluding hydrogens is 937 g/mol. The molecule has 4 aliphatic carbocycles. The molecule has 428 valence electrons. The Balaban J connectivity index is 1.14. The number of rotatable bonds is 35. The number of aliphatic hydroxyl groups is 2. The third-order valence-corrected chi connectivity index (χ3v) is 19.6. The van der Waals surface area contributed by atoms with E-state index < -0.39 is 42.6 Å². The van der Waals surface area contributed by atoms with Crippen molar-refractivity contribution in [1.29, 1.82) is 0 Å². The van der Waals surface area contributed by atoms with Crippen LogP contribution in [0, 0.1) is 52.3 Å². The predicted molar refractivity (Wildman–Crippen MR) is 305 cm³/mol. The first kappa shape index (κ1) is 63.2. The van der Waals surface area contributed by atoms with E-state index in [2.05, 4.69) is 97.9 Å². The van der Waals surface area contributed by atoms with Gasteiger partial charge in [-0.25, -0.2) is 4.79 Å². The molecule has 0 aromatic carbocycles. The molecule has 14 atom stereocenters. The first-order valence-corrected chi connectivity index (χ1v) is 31.4. The number of carbonyl (C=O) groups excluding carboxylic acids is 3. The maximum Gasteiger partial charge on any atom is 0.339 e. The molecule has 0 unspecified atom stereocenters. The molecular formula is C66H110O9. The maximum absolute atomic E-state index is 13.9. The normalized spacial score (nSPS) is 31.6. The number of Topliss-reactive ketones (excluding diaryl/α,β-unsaturated/α-hetero) is 1. The Hall–Kier alpha value is -2.59. The Kier molecular flexibility index (Phi) is 27.9. The van der Waals surface area contributed by atoms with E-state index in [1.165, 1.54) is 76.2 Å². The van der Waals surface area contributed by atoms with Crippen LogP contribution in [0.4, 0.5) is 0 Å². The van der Waals surface area contributed by atoms with Crippen molar-refractivity contribution in [2.24, 2.45) is 52.3 Å². The van der Waals surface area contributed by atoms with Crippen LogP contribution in [0.5, 0.6) is 0 Å². The van der Waals surface area contributed by atoms with Crippen molar-refractivity contribution >= 4 is 17.7 Å². The SMILES string of the molecule is CC/C=C\C/C=C\C/C=C\CCCCCCCC(=O)O[C@H]1[C@H](O)[C@@H](O)[C@H](O[C@H]2CC[C@@]3(C)C(=CC[C@H]4[C@@H]5CC[C@H]([C@H](C)CC[C@@H](CC)C(C)C)[C@@]5(C)CC[C@@H]43)C2)O[C@@H]1C(=O)OCCCC(=O)CCCCCCCCC. The van der Waals surface area contributed by atoms with Crippen LogP contribution in [0.25, 0.3) is 0 Å². The van der Waals surface area contributed by atoms with Crippen LogP contribution in [-0.4, -0.2) is 71.4 Å². The van der Waals surface area contributed by atoms with Crippen molar-refractivity contribution in [3.05, 3.63) is 48.1 Å². The molecule has 5 rings (SSSR count). The van der Waals surface area contributed by atoms with Gasteiger partial charge in [-0.05, 0) is 161 Å². The van der Waals surface area contributed by atoms with E-state index in [0.717, 1.165) is 119 Å². The van der Waals surface area contributed by atoms with E-state index in [0.29, 0.717) is 49.4 Å². The smallest absolute Gasteiger partial charge is 0.339 e. The topological polar surface area (TPSA) is 129 Å². The first-order chi connectivity index (χ1) is 36.2. The summed E-state index contributed by atoms with van der Waals surface area (Å²) in [5.74, 6) is 4.05. The van der Waals surface area contributed by atoms with E-state index in [4.69, 9.17) is 18.9 Å². The Labute approximate surface area is 457 Å². The molecule has 0 bridgehead atoms. The Bertz CT molecular complexity index is 1800. The fraction of sp³-hybridized carbons (Fsp3) is 0.833. The largest absolute Gasteiger partial charge is 0.464 e. The number of carbonyl (C=O) groups is 3. The molecule has 0 aromatic heterocycles. The van der Waals surface area contributed by atoms with Gasteiger partial charge in [0.25, 0.3) is 0 Å². The lowest BCUT2D eigenvalue weighted by Gasteiger charge is -2.58. The lowest BCUT2D eigenvalue weighted by molar-refractivity contribution is -0.308. The molecule has 0 amide bonds. The van der Waals surface area contributed by atoms with Crippen LogP contribution >= 0.6 is 0 Å². The summed E-state index contributed by atoms with van der Waals surface area (Å²) in [6.07, 6.45) is 38.8. The van der Waals surface area contributed by atoms with Crippen molar-refractivity contribution in [3.63, 3.8) is 0 Å². The fourth-order valence-corrected chi connectivity index (χ4v) is 14.9. The Morgan fingerprint density at radius 3 is 2.11 bits per heavy atom. The number of allylic oxidation sites excluding steroid dienone is 7. The summed E-state index contributed by atoms with van der Waals surface area (Å²) in [5, 5.41) is 23.2. The number of aliphatic hydroxyl groups excluding tert-OH is 2. The van der Waals surface area contributed by atoms with Crippen molar-refractivity contribution in [3.8, 4) is 0 Å². The molecule has 2 N–H and O–H groups in total. The summed E-state index contributed by atoms with van der Waals surface area (Å²) in [6.45, 7) is 19.2. The number of unbranched alkanes of at least 4 members (excludes halogenated alkanes) is 11. The van der Waals surface area contributed by atoms with Crippen LogP contribution in [0.15, 0.2) is 48.1 Å². The summed E-state index contributed by atoms with van der Waals surface area (Å²) in [6, 6.07) is 0. The average Bonchev–Trinajstić information content (AvgIpc) is 3.75. The summed E-state index contributed by atoms with van der Waals surface area (Å²) >= 11 is 0. The maximum atomic E-state index is 13.9. The van der Waals surface area contributed by atoms with Gasteiger partial charge in [0, 0.05) is 19.3 Å². The fourth-order valence-electron chi connectivity index (χ4n) is 14.9. The molecule has 0 radical (unpaired) electrons. The van der Waals surface area contributed by atoms with Crippen molar-refractivity contribution in [2.45, 2.75) is 291 Å². The van der Waals surface area contributed by atoms with Gasteiger partial charge in [0.2, 0.25) is 0 Å². The summed E-state index contributed by atoms with van der Waals surface area (Å²) in [4.78, 5) is 39.9. The highest BCUT2D eigenvalue weighted by molar-refractivity contribution is 5.79. The lowest BCUT2D eigenvalue weighted by Crippen LogP contribution is -2.62. The molecule has 1 heterocycles. The number of fused-ring (bicyclic) bond motifs is 5. The summed E-state index contributed by atoms with van der Waals surface area (Å²) < 4.78 is 24.3. The monoisotopic (exact) mass is 1050 g/mol. The zero-order valence-electron chi connectivity index (χ0n) is 48.9. The molecule has 1 aliphatic heterocycles. The third-order valence-electron chi connectivity index (χ3n) is 19.6. The minimum absolute atomic E-state index is 0.00897. The molecule has 0 spiro atoms. The van der Waals surface area contributed by atoms with E-state index >= 15 is 0 Å². The van der Waals surface area contributed by atoms with Crippen LogP contribution in [-0.2, 0) is 33.3 Å². The third kappa shape index (κ3) is 18.8. The van der Waals surface area contributed by atoms with E-state index in [9.17, 15) is 24.6 Å². The molecule has 1 saturated heterocycles. The van der Waals surface area contributed by atoms with E-state index in [1.807, 2.05) is 0 Å². The van der Waals surface area contributed by atoms with Gasteiger partial charge in [0.15, 0.2) is 18.5 Å². The summed E-state index contributed by atoms with van der Waals surface area (Å²) in [7, 11) is 0. The quantitative estimate of drug-likeness (QED) is 0.0362. The van der Waals surface area contributed by atoms with Gasteiger partial charge in [-0.1, -0.05) is 174 Å². The number of ketones is 1. The van der Waals surface area contributed by atoms with Gasteiger partial charge < -0.3 is 29.2 Å². The van der Waals surface area contributed by atoms with Gasteiger partial charge in [0.05, 0.1) is 12.7 Å². The van der Waals surface area contributed by atoms with Crippen LogP contribution in [0.3, 0.4) is 0 Å². The molecule has 3 saturated carbocycles. The van der Waals surface area contributed by atoms with Crippen molar-refractivity contribution < 1.29 is 43.5 Å². The van der Waals surface area contributed by atoms with E-state index in [-0.39, 0.29) is 30.3 Å². The second-order valence-electron chi connectivity index (χ2n) is 25.1. The molecule has 75 heavy (non-hydrogen) atoms. The van der Waals surface area contributed by atoms with Crippen molar-refractivity contribution in [2.75, 3.05) is 6.61 Å². The number of hydrogen-bond donors (Lipinski definition) is 2. The Morgan fingerprint density at radius 1 is 0.733 bits per heavy atom. The summed E-state index contributed by atoms with van der Waals surface area (Å²) in [5.41, 5.74) is 1.94. The average molecular weight is 1050 g/mol. The van der Waals surface area contributed by atoms with Gasteiger partial charge in [-0.3, -0.25) is 9.59 Å². The van der Waals surface area contributed by atoms with Crippen molar-refractivity contribution in [1.82, 2.24) is 0 Å². The lowest BCUT2D eigenvalue weighted by atomic mass is 9.47. The number of hydrogen-bond acceptors (Lipinski definition) is 9. The van der Waals surface area contributed by atoms with Crippen LogP contribution < -0.4 is 0 Å². The second-order valence-corrected chi connectivity index (χ2v) is 25.1. The van der Waals surface area contributed by atoms with Gasteiger partial charge in [-0.2, -0.15) is 0 Å². The highest BCUT2D eigenvalue weighted by atomic mass is 16.7. The zero-order valence-corrected chi connectivity index (χ0v) is 48.9. The number of esters is 2. The molecule has 4 fully saturated rings. The number of ether oxygens (including phenoxy) is 4. The molecule has 9 nitrogen and oxygen atoms in total. The van der Waals surface area contributed by atoms with Gasteiger partial charge >= 0.3 is 11.9 Å². The van der Waals surface area contributed by atoms with Gasteiger partial charge in [0.1, 0.15) is 18.0 Å². The molecule has 5 aliphatic rings. The van der Waals surface area contributed by atoms with Crippen LogP contribution in [0.1, 0.15) is 254 Å². The zero-order chi connectivity index (χ0) is 54.2.